The Hall–Kier alpha value is -5.93. The van der Waals surface area contributed by atoms with Crippen molar-refractivity contribution in [1.29, 1.82) is 0 Å². The summed E-state index contributed by atoms with van der Waals surface area (Å²) >= 11 is 0. The van der Waals surface area contributed by atoms with Crippen molar-refractivity contribution in [3.63, 3.8) is 0 Å². The molecule has 10 rings (SSSR count). The van der Waals surface area contributed by atoms with Crippen LogP contribution in [0, 0.1) is 0 Å². The fourth-order valence-corrected chi connectivity index (χ4v) is 7.93. The van der Waals surface area contributed by atoms with E-state index in [1.165, 1.54) is 49.7 Å². The Morgan fingerprint density at radius 2 is 1.26 bits per heavy atom. The van der Waals surface area contributed by atoms with Gasteiger partial charge in [-0.05, 0) is 86.8 Å². The monoisotopic (exact) mass is 602 g/mol. The fraction of sp³-hybridized carbons (Fsp3) is 0.0682. The average Bonchev–Trinajstić information content (AvgIpc) is 3.61. The smallest absolute Gasteiger partial charge is 0.145 e. The second-order valence-electron chi connectivity index (χ2n) is 13.2. The van der Waals surface area contributed by atoms with Gasteiger partial charge in [0, 0.05) is 27.6 Å². The van der Waals surface area contributed by atoms with E-state index in [1.54, 1.807) is 0 Å². The van der Waals surface area contributed by atoms with Crippen molar-refractivity contribution < 1.29 is 4.74 Å². The molecule has 1 aliphatic heterocycles. The first-order valence-electron chi connectivity index (χ1n) is 16.2. The first-order valence-corrected chi connectivity index (χ1v) is 16.2. The molecule has 222 valence electrons. The molecule has 3 nitrogen and oxygen atoms in total. The van der Waals surface area contributed by atoms with Crippen molar-refractivity contribution in [2.24, 2.45) is 0 Å². The number of hydrogen-bond acceptors (Lipinski definition) is 2. The predicted octanol–water partition coefficient (Wildman–Crippen LogP) is 11.6. The third-order valence-corrected chi connectivity index (χ3v) is 10.2. The molecule has 1 aromatic heterocycles. The molecule has 0 atom stereocenters. The van der Waals surface area contributed by atoms with Crippen molar-refractivity contribution in [1.82, 2.24) is 9.55 Å². The molecule has 1 aliphatic carbocycles. The standard InChI is InChI=1S/C44H30N2O/c1-44(2)36-25-28(30-23-24-41-42-34(30)14-10-15-35(42)33-13-6-9-18-40(33)47-41)19-21-31(36)32-22-20-29(26-37(32)44)46-39-17-8-7-16-38(39)45-43(46)27-11-4-3-5-12-27/h3-26H,1-2H3. The fourth-order valence-electron chi connectivity index (χ4n) is 7.93. The quantitative estimate of drug-likeness (QED) is 0.201. The molecule has 0 amide bonds. The number of ether oxygens (including phenoxy) is 1. The van der Waals surface area contributed by atoms with Crippen LogP contribution in [-0.2, 0) is 5.41 Å². The molecule has 7 aromatic carbocycles. The molecule has 0 radical (unpaired) electrons. The van der Waals surface area contributed by atoms with Crippen LogP contribution in [0.1, 0.15) is 25.0 Å². The largest absolute Gasteiger partial charge is 0.456 e. The lowest BCUT2D eigenvalue weighted by atomic mass is 9.81. The highest BCUT2D eigenvalue weighted by atomic mass is 16.5. The molecule has 8 aromatic rings. The highest BCUT2D eigenvalue weighted by Gasteiger charge is 2.36. The van der Waals surface area contributed by atoms with Crippen molar-refractivity contribution in [3.05, 3.63) is 157 Å². The molecule has 47 heavy (non-hydrogen) atoms. The summed E-state index contributed by atoms with van der Waals surface area (Å²) < 4.78 is 8.70. The van der Waals surface area contributed by atoms with E-state index < -0.39 is 0 Å². The molecule has 0 unspecified atom stereocenters. The van der Waals surface area contributed by atoms with Gasteiger partial charge in [-0.2, -0.15) is 0 Å². The number of benzene rings is 7. The summed E-state index contributed by atoms with van der Waals surface area (Å²) in [6.45, 7) is 4.72. The van der Waals surface area contributed by atoms with Crippen LogP contribution in [0.15, 0.2) is 146 Å². The number of rotatable bonds is 3. The van der Waals surface area contributed by atoms with Gasteiger partial charge in [0.25, 0.3) is 0 Å². The molecule has 0 bridgehead atoms. The maximum absolute atomic E-state index is 6.39. The number of nitrogens with zero attached hydrogens (tertiary/aromatic N) is 2. The Labute approximate surface area is 273 Å². The van der Waals surface area contributed by atoms with Gasteiger partial charge in [-0.15, -0.1) is 0 Å². The Kier molecular flexibility index (Phi) is 5.34. The SMILES string of the molecule is CC1(C)c2cc(-c3ccc4c5c(cccc35)-c3ccccc3O4)ccc2-c2ccc(-n3c(-c4ccccc4)nc4ccccc43)cc21. The number of para-hydroxylation sites is 3. The van der Waals surface area contributed by atoms with E-state index in [0.29, 0.717) is 0 Å². The highest BCUT2D eigenvalue weighted by Crippen LogP contribution is 2.52. The lowest BCUT2D eigenvalue weighted by Crippen LogP contribution is -2.15. The predicted molar refractivity (Wildman–Crippen MR) is 193 cm³/mol. The zero-order valence-electron chi connectivity index (χ0n) is 26.2. The lowest BCUT2D eigenvalue weighted by molar-refractivity contribution is 0.487. The van der Waals surface area contributed by atoms with Crippen LogP contribution in [0.3, 0.4) is 0 Å². The Morgan fingerprint density at radius 1 is 0.532 bits per heavy atom. The maximum Gasteiger partial charge on any atom is 0.145 e. The third kappa shape index (κ3) is 3.71. The van der Waals surface area contributed by atoms with Crippen LogP contribution < -0.4 is 4.74 Å². The average molecular weight is 603 g/mol. The summed E-state index contributed by atoms with van der Waals surface area (Å²) in [6.07, 6.45) is 0. The molecule has 0 N–H and O–H groups in total. The second kappa shape index (κ2) is 9.54. The number of aromatic nitrogens is 2. The van der Waals surface area contributed by atoms with Crippen LogP contribution in [0.2, 0.25) is 0 Å². The molecule has 2 aliphatic rings. The molecular weight excluding hydrogens is 572 g/mol. The van der Waals surface area contributed by atoms with Gasteiger partial charge in [-0.3, -0.25) is 4.57 Å². The van der Waals surface area contributed by atoms with Gasteiger partial charge >= 0.3 is 0 Å². The molecule has 2 heterocycles. The minimum Gasteiger partial charge on any atom is -0.456 e. The summed E-state index contributed by atoms with van der Waals surface area (Å²) in [7, 11) is 0. The van der Waals surface area contributed by atoms with Gasteiger partial charge in [0.2, 0.25) is 0 Å². The Balaban J connectivity index is 1.11. The molecule has 0 saturated heterocycles. The maximum atomic E-state index is 6.39. The summed E-state index contributed by atoms with van der Waals surface area (Å²) in [5, 5.41) is 2.39. The number of imidazole rings is 1. The van der Waals surface area contributed by atoms with Gasteiger partial charge in [-0.1, -0.05) is 117 Å². The topological polar surface area (TPSA) is 27.1 Å². The molecule has 3 heteroatoms. The van der Waals surface area contributed by atoms with E-state index >= 15 is 0 Å². The van der Waals surface area contributed by atoms with Crippen LogP contribution in [0.5, 0.6) is 11.5 Å². The van der Waals surface area contributed by atoms with Gasteiger partial charge < -0.3 is 4.74 Å². The summed E-state index contributed by atoms with van der Waals surface area (Å²) in [5.74, 6) is 2.79. The van der Waals surface area contributed by atoms with Crippen molar-refractivity contribution in [3.8, 4) is 62.0 Å². The Bertz CT molecular complexity index is 2570. The molecule has 0 spiro atoms. The van der Waals surface area contributed by atoms with Gasteiger partial charge in [0.05, 0.1) is 11.0 Å². The molecule has 0 saturated carbocycles. The molecule has 0 fully saturated rings. The minimum absolute atomic E-state index is 0.186. The number of hydrogen-bond donors (Lipinski definition) is 0. The van der Waals surface area contributed by atoms with E-state index in [4.69, 9.17) is 9.72 Å². The summed E-state index contributed by atoms with van der Waals surface area (Å²) in [4.78, 5) is 5.09. The Morgan fingerprint density at radius 3 is 2.15 bits per heavy atom. The third-order valence-electron chi connectivity index (χ3n) is 10.2. The van der Waals surface area contributed by atoms with Crippen LogP contribution >= 0.6 is 0 Å². The van der Waals surface area contributed by atoms with Crippen molar-refractivity contribution in [2.45, 2.75) is 19.3 Å². The van der Waals surface area contributed by atoms with E-state index in [-0.39, 0.29) is 5.41 Å². The van der Waals surface area contributed by atoms with E-state index in [1.807, 2.05) is 6.07 Å². The second-order valence-corrected chi connectivity index (χ2v) is 13.2. The van der Waals surface area contributed by atoms with Crippen LogP contribution in [0.25, 0.3) is 72.3 Å². The summed E-state index contributed by atoms with van der Waals surface area (Å²) in [5.41, 5.74) is 14.2. The first kappa shape index (κ1) is 26.3. The van der Waals surface area contributed by atoms with Crippen molar-refractivity contribution >= 4 is 21.8 Å². The highest BCUT2D eigenvalue weighted by molar-refractivity contribution is 6.10. The zero-order chi connectivity index (χ0) is 31.3. The molecular formula is C44H30N2O. The lowest BCUT2D eigenvalue weighted by Gasteiger charge is -2.24. The minimum atomic E-state index is -0.186. The van der Waals surface area contributed by atoms with Gasteiger partial charge in [0.1, 0.15) is 17.3 Å². The van der Waals surface area contributed by atoms with Crippen LogP contribution in [0.4, 0.5) is 0 Å². The summed E-state index contributed by atoms with van der Waals surface area (Å²) in [6, 6.07) is 52.2. The zero-order valence-corrected chi connectivity index (χ0v) is 26.2. The van der Waals surface area contributed by atoms with Crippen molar-refractivity contribution in [2.75, 3.05) is 0 Å². The number of fused-ring (bicyclic) bond motifs is 6. The normalized spacial score (nSPS) is 13.7. The van der Waals surface area contributed by atoms with E-state index in [9.17, 15) is 0 Å². The van der Waals surface area contributed by atoms with Gasteiger partial charge in [0.15, 0.2) is 0 Å². The van der Waals surface area contributed by atoms with Crippen LogP contribution in [-0.4, -0.2) is 9.55 Å². The van der Waals surface area contributed by atoms with Gasteiger partial charge in [-0.25, -0.2) is 4.98 Å². The van der Waals surface area contributed by atoms with E-state index in [2.05, 4.69) is 158 Å². The first-order chi connectivity index (χ1) is 23.1. The van der Waals surface area contributed by atoms with E-state index in [0.717, 1.165) is 45.2 Å².